The summed E-state index contributed by atoms with van der Waals surface area (Å²) < 4.78 is 39.3. The van der Waals surface area contributed by atoms with Crippen LogP contribution in [0.3, 0.4) is 0 Å². The van der Waals surface area contributed by atoms with E-state index < -0.39 is 10.0 Å². The molecule has 2 aromatic carbocycles. The van der Waals surface area contributed by atoms with Crippen molar-refractivity contribution >= 4 is 26.6 Å². The zero-order valence-electron chi connectivity index (χ0n) is 15.1. The Morgan fingerprint density at radius 3 is 2.70 bits per heavy atom. The number of hydrogen-bond acceptors (Lipinski definition) is 3. The van der Waals surface area contributed by atoms with Crippen molar-refractivity contribution in [1.29, 1.82) is 5.26 Å². The van der Waals surface area contributed by atoms with Crippen LogP contribution in [0.25, 0.3) is 10.9 Å². The van der Waals surface area contributed by atoms with Crippen LogP contribution >= 0.6 is 0 Å². The van der Waals surface area contributed by atoms with Gasteiger partial charge in [0.15, 0.2) is 0 Å². The minimum atomic E-state index is -3.41. The highest BCUT2D eigenvalue weighted by Gasteiger charge is 2.21. The maximum atomic E-state index is 13.5. The van der Waals surface area contributed by atoms with E-state index in [-0.39, 0.29) is 11.7 Å². The van der Waals surface area contributed by atoms with E-state index in [0.717, 1.165) is 28.3 Å². The van der Waals surface area contributed by atoms with E-state index in [0.29, 0.717) is 24.0 Å². The largest absolute Gasteiger partial charge is 0.359 e. The van der Waals surface area contributed by atoms with Gasteiger partial charge in [0.25, 0.3) is 0 Å². The molecule has 1 unspecified atom stereocenters. The summed E-state index contributed by atoms with van der Waals surface area (Å²) in [6.45, 7) is 1.85. The number of aromatic amines is 1. The summed E-state index contributed by atoms with van der Waals surface area (Å²) in [6.07, 6.45) is 3.88. The molecule has 1 atom stereocenters. The van der Waals surface area contributed by atoms with Gasteiger partial charge in [0.1, 0.15) is 5.82 Å². The van der Waals surface area contributed by atoms with Crippen molar-refractivity contribution in [3.8, 4) is 6.07 Å². The molecule has 0 amide bonds. The van der Waals surface area contributed by atoms with Gasteiger partial charge in [0.2, 0.25) is 10.0 Å². The Hall–Kier alpha value is -2.85. The second kappa shape index (κ2) is 7.41. The predicted molar refractivity (Wildman–Crippen MR) is 105 cm³/mol. The Balaban J connectivity index is 2.14. The standard InChI is InChI=1S/C20H20FN3O2S/c1-13-11-14(21)8-9-15(13)16(6-4-10-22)18-12-23-20-17(18)5-3-7-19(20)24-27(2,25)26/h3,5,7-9,11-12,16,23-24H,4,6H2,1-2H3. The highest BCUT2D eigenvalue weighted by atomic mass is 32.2. The van der Waals surface area contributed by atoms with Crippen molar-refractivity contribution in [2.75, 3.05) is 11.0 Å². The van der Waals surface area contributed by atoms with Crippen molar-refractivity contribution < 1.29 is 12.8 Å². The molecule has 5 nitrogen and oxygen atoms in total. The second-order valence-corrected chi connectivity index (χ2v) is 8.35. The molecule has 3 rings (SSSR count). The predicted octanol–water partition coefficient (Wildman–Crippen LogP) is 4.42. The van der Waals surface area contributed by atoms with Crippen LogP contribution in [-0.4, -0.2) is 19.7 Å². The molecule has 0 fully saturated rings. The zero-order chi connectivity index (χ0) is 19.6. The number of halogens is 1. The first-order valence-corrected chi connectivity index (χ1v) is 10.4. The quantitative estimate of drug-likeness (QED) is 0.658. The van der Waals surface area contributed by atoms with Gasteiger partial charge in [0.05, 0.1) is 23.5 Å². The fourth-order valence-electron chi connectivity index (χ4n) is 3.47. The van der Waals surface area contributed by atoms with Crippen LogP contribution in [0.15, 0.2) is 42.6 Å². The maximum Gasteiger partial charge on any atom is 0.229 e. The average Bonchev–Trinajstić information content (AvgIpc) is 3.00. The van der Waals surface area contributed by atoms with Gasteiger partial charge < -0.3 is 4.98 Å². The van der Waals surface area contributed by atoms with Gasteiger partial charge in [-0.25, -0.2) is 12.8 Å². The van der Waals surface area contributed by atoms with Crippen LogP contribution in [0.1, 0.15) is 35.4 Å². The molecular formula is C20H20FN3O2S. The fraction of sp³-hybridized carbons (Fsp3) is 0.250. The van der Waals surface area contributed by atoms with Crippen LogP contribution in [0, 0.1) is 24.1 Å². The number of sulfonamides is 1. The molecule has 0 bridgehead atoms. The van der Waals surface area contributed by atoms with Gasteiger partial charge in [-0.2, -0.15) is 5.26 Å². The Morgan fingerprint density at radius 2 is 2.04 bits per heavy atom. The molecular weight excluding hydrogens is 365 g/mol. The van der Waals surface area contributed by atoms with Crippen molar-refractivity contribution in [3.63, 3.8) is 0 Å². The van der Waals surface area contributed by atoms with E-state index in [1.165, 1.54) is 12.1 Å². The lowest BCUT2D eigenvalue weighted by molar-refractivity contribution is 0.607. The van der Waals surface area contributed by atoms with Gasteiger partial charge in [-0.05, 0) is 48.2 Å². The summed E-state index contributed by atoms with van der Waals surface area (Å²) in [5.74, 6) is -0.402. The maximum absolute atomic E-state index is 13.5. The third kappa shape index (κ3) is 4.12. The third-order valence-electron chi connectivity index (χ3n) is 4.57. The Labute approximate surface area is 157 Å². The molecule has 0 spiro atoms. The lowest BCUT2D eigenvalue weighted by atomic mass is 9.85. The lowest BCUT2D eigenvalue weighted by Gasteiger charge is -2.18. The van der Waals surface area contributed by atoms with Crippen LogP contribution in [0.2, 0.25) is 0 Å². The smallest absolute Gasteiger partial charge is 0.229 e. The molecule has 140 valence electrons. The lowest BCUT2D eigenvalue weighted by Crippen LogP contribution is -2.09. The molecule has 0 aliphatic heterocycles. The number of hydrogen-bond donors (Lipinski definition) is 2. The molecule has 27 heavy (non-hydrogen) atoms. The van der Waals surface area contributed by atoms with Gasteiger partial charge in [0, 0.05) is 23.9 Å². The van der Waals surface area contributed by atoms with Crippen LogP contribution < -0.4 is 4.72 Å². The summed E-state index contributed by atoms with van der Waals surface area (Å²) in [6, 6.07) is 12.2. The second-order valence-electron chi connectivity index (χ2n) is 6.60. The van der Waals surface area contributed by atoms with E-state index in [1.807, 2.05) is 19.2 Å². The van der Waals surface area contributed by atoms with Crippen LogP contribution in [-0.2, 0) is 10.0 Å². The first kappa shape index (κ1) is 18.9. The van der Waals surface area contributed by atoms with E-state index in [2.05, 4.69) is 15.8 Å². The van der Waals surface area contributed by atoms with Crippen LogP contribution in [0.5, 0.6) is 0 Å². The van der Waals surface area contributed by atoms with E-state index >= 15 is 0 Å². The molecule has 0 aliphatic carbocycles. The Kier molecular flexibility index (Phi) is 5.19. The number of para-hydroxylation sites is 1. The Morgan fingerprint density at radius 1 is 1.26 bits per heavy atom. The number of fused-ring (bicyclic) bond motifs is 1. The Bertz CT molecular complexity index is 1130. The molecule has 0 radical (unpaired) electrons. The van der Waals surface area contributed by atoms with Gasteiger partial charge in [-0.1, -0.05) is 18.2 Å². The molecule has 1 heterocycles. The summed E-state index contributed by atoms with van der Waals surface area (Å²) in [5.41, 5.74) is 3.87. The molecule has 0 saturated carbocycles. The zero-order valence-corrected chi connectivity index (χ0v) is 15.9. The fourth-order valence-corrected chi connectivity index (χ4v) is 4.04. The number of anilines is 1. The highest BCUT2D eigenvalue weighted by Crippen LogP contribution is 2.37. The number of H-pyrrole nitrogens is 1. The van der Waals surface area contributed by atoms with Crippen molar-refractivity contribution in [1.82, 2.24) is 4.98 Å². The molecule has 2 N–H and O–H groups in total. The SMILES string of the molecule is Cc1cc(F)ccc1C(CCC#N)c1c[nH]c2c(NS(C)(=O)=O)cccc12. The van der Waals surface area contributed by atoms with Gasteiger partial charge in [-0.3, -0.25) is 4.72 Å². The number of rotatable bonds is 6. The normalized spacial score (nSPS) is 12.7. The molecule has 0 aliphatic rings. The molecule has 0 saturated heterocycles. The van der Waals surface area contributed by atoms with Gasteiger partial charge >= 0.3 is 0 Å². The van der Waals surface area contributed by atoms with Crippen molar-refractivity contribution in [2.45, 2.75) is 25.7 Å². The summed E-state index contributed by atoms with van der Waals surface area (Å²) in [7, 11) is -3.41. The first-order chi connectivity index (χ1) is 12.8. The first-order valence-electron chi connectivity index (χ1n) is 8.51. The topological polar surface area (TPSA) is 85.8 Å². The van der Waals surface area contributed by atoms with Crippen molar-refractivity contribution in [3.05, 3.63) is 65.1 Å². The van der Waals surface area contributed by atoms with Gasteiger partial charge in [-0.15, -0.1) is 0 Å². The van der Waals surface area contributed by atoms with E-state index in [4.69, 9.17) is 5.26 Å². The minimum absolute atomic E-state index is 0.104. The molecule has 1 aromatic heterocycles. The number of aryl methyl sites for hydroxylation is 1. The van der Waals surface area contributed by atoms with Crippen molar-refractivity contribution in [2.24, 2.45) is 0 Å². The van der Waals surface area contributed by atoms with Crippen LogP contribution in [0.4, 0.5) is 10.1 Å². The number of nitrogens with one attached hydrogen (secondary N) is 2. The van der Waals surface area contributed by atoms with E-state index in [1.54, 1.807) is 18.2 Å². The monoisotopic (exact) mass is 385 g/mol. The number of nitriles is 1. The van der Waals surface area contributed by atoms with E-state index in [9.17, 15) is 12.8 Å². The summed E-state index contributed by atoms with van der Waals surface area (Å²) >= 11 is 0. The molecule has 3 aromatic rings. The number of nitrogens with zero attached hydrogens (tertiary/aromatic N) is 1. The number of benzene rings is 2. The summed E-state index contributed by atoms with van der Waals surface area (Å²) in [5, 5.41) is 9.93. The average molecular weight is 385 g/mol. The third-order valence-corrected chi connectivity index (χ3v) is 5.16. The summed E-state index contributed by atoms with van der Waals surface area (Å²) in [4.78, 5) is 3.15. The molecule has 7 heteroatoms. The minimum Gasteiger partial charge on any atom is -0.359 e. The number of aromatic nitrogens is 1. The highest BCUT2D eigenvalue weighted by molar-refractivity contribution is 7.92.